The van der Waals surface area contributed by atoms with Crippen molar-refractivity contribution in [1.82, 2.24) is 20.4 Å². The molecule has 0 radical (unpaired) electrons. The van der Waals surface area contributed by atoms with Crippen LogP contribution in [0.5, 0.6) is 0 Å². The van der Waals surface area contributed by atoms with Crippen molar-refractivity contribution in [3.8, 4) is 0 Å². The molecule has 1 saturated carbocycles. The summed E-state index contributed by atoms with van der Waals surface area (Å²) in [6.45, 7) is 3.66. The minimum Gasteiger partial charge on any atom is -0.353 e. The highest BCUT2D eigenvalue weighted by molar-refractivity contribution is 7.92. The van der Waals surface area contributed by atoms with Crippen LogP contribution in [0.25, 0.3) is 0 Å². The quantitative estimate of drug-likeness (QED) is 0.368. The standard InChI is InChI=1S/C24H29N7O4S/c1-14-10-23(27-15(2)26-14)29-22-12-20(18(13-25-22)24(32)30-35-4)28-19-9-8-17(16-6-7-16)11-21(19)31(3)36(5,33)34/h8-13,16H,6-7H2,1-5H3,(H,30,32)(H2,25,26,27,28,29). The molecule has 190 valence electrons. The summed E-state index contributed by atoms with van der Waals surface area (Å²) in [5.74, 6) is 1.51. The minimum absolute atomic E-state index is 0.205. The molecule has 0 saturated heterocycles. The summed E-state index contributed by atoms with van der Waals surface area (Å²) in [4.78, 5) is 30.5. The van der Waals surface area contributed by atoms with Gasteiger partial charge in [-0.3, -0.25) is 13.9 Å². The van der Waals surface area contributed by atoms with Crippen LogP contribution in [0.15, 0.2) is 36.5 Å². The number of rotatable bonds is 9. The average Bonchev–Trinajstić information content (AvgIpc) is 3.63. The van der Waals surface area contributed by atoms with Gasteiger partial charge in [-0.2, -0.15) is 0 Å². The van der Waals surface area contributed by atoms with Crippen molar-refractivity contribution < 1.29 is 18.0 Å². The molecule has 4 rings (SSSR count). The van der Waals surface area contributed by atoms with E-state index in [2.05, 4.69) is 31.1 Å². The van der Waals surface area contributed by atoms with Crippen LogP contribution < -0.4 is 20.4 Å². The number of benzene rings is 1. The van der Waals surface area contributed by atoms with Gasteiger partial charge in [-0.1, -0.05) is 6.07 Å². The normalized spacial score (nSPS) is 13.2. The number of aromatic nitrogens is 3. The van der Waals surface area contributed by atoms with Crippen molar-refractivity contribution in [1.29, 1.82) is 0 Å². The summed E-state index contributed by atoms with van der Waals surface area (Å²) in [6.07, 6.45) is 4.71. The first-order valence-corrected chi connectivity index (χ1v) is 13.2. The van der Waals surface area contributed by atoms with Crippen LogP contribution in [0.4, 0.5) is 28.7 Å². The highest BCUT2D eigenvalue weighted by Gasteiger charge is 2.26. The number of hydroxylamine groups is 1. The third-order valence-corrected chi connectivity index (χ3v) is 6.93. The molecule has 1 aliphatic carbocycles. The second-order valence-electron chi connectivity index (χ2n) is 8.72. The number of aryl methyl sites for hydroxylation is 2. The van der Waals surface area contributed by atoms with E-state index in [4.69, 9.17) is 4.84 Å². The van der Waals surface area contributed by atoms with Crippen molar-refractivity contribution in [3.63, 3.8) is 0 Å². The summed E-state index contributed by atoms with van der Waals surface area (Å²) < 4.78 is 26.0. The first-order valence-electron chi connectivity index (χ1n) is 11.3. The molecular formula is C24H29N7O4S. The van der Waals surface area contributed by atoms with Gasteiger partial charge in [0, 0.05) is 31.1 Å². The first kappa shape index (κ1) is 25.3. The van der Waals surface area contributed by atoms with Gasteiger partial charge in [-0.15, -0.1) is 0 Å². The van der Waals surface area contributed by atoms with E-state index >= 15 is 0 Å². The van der Waals surface area contributed by atoms with Crippen LogP contribution >= 0.6 is 0 Å². The largest absolute Gasteiger partial charge is 0.353 e. The zero-order chi connectivity index (χ0) is 26.0. The molecule has 0 unspecified atom stereocenters. The molecule has 0 spiro atoms. The molecule has 3 N–H and O–H groups in total. The van der Waals surface area contributed by atoms with Crippen molar-refractivity contribution in [2.24, 2.45) is 0 Å². The van der Waals surface area contributed by atoms with E-state index in [1.54, 1.807) is 19.1 Å². The first-order chi connectivity index (χ1) is 17.0. The van der Waals surface area contributed by atoms with Crippen LogP contribution in [-0.2, 0) is 14.9 Å². The average molecular weight is 512 g/mol. The molecule has 0 bridgehead atoms. The molecule has 12 heteroatoms. The van der Waals surface area contributed by atoms with Crippen molar-refractivity contribution in [2.75, 3.05) is 35.4 Å². The fraction of sp³-hybridized carbons (Fsp3) is 0.333. The summed E-state index contributed by atoms with van der Waals surface area (Å²) in [5, 5.41) is 6.37. The fourth-order valence-electron chi connectivity index (χ4n) is 3.78. The zero-order valence-electron chi connectivity index (χ0n) is 20.8. The van der Waals surface area contributed by atoms with E-state index < -0.39 is 15.9 Å². The molecule has 0 atom stereocenters. The van der Waals surface area contributed by atoms with Gasteiger partial charge in [0.05, 0.1) is 36.0 Å². The van der Waals surface area contributed by atoms with Crippen LogP contribution in [0, 0.1) is 13.8 Å². The molecule has 36 heavy (non-hydrogen) atoms. The SMILES string of the molecule is CONC(=O)c1cnc(Nc2cc(C)nc(C)n2)cc1Nc1ccc(C2CC2)cc1N(C)S(C)(=O)=O. The number of amides is 1. The topological polar surface area (TPSA) is 138 Å². The van der Waals surface area contributed by atoms with Gasteiger partial charge < -0.3 is 10.6 Å². The van der Waals surface area contributed by atoms with Crippen LogP contribution in [0.1, 0.15) is 46.2 Å². The molecule has 1 aromatic carbocycles. The third-order valence-electron chi connectivity index (χ3n) is 5.74. The van der Waals surface area contributed by atoms with Crippen molar-refractivity contribution in [3.05, 3.63) is 59.2 Å². The van der Waals surface area contributed by atoms with Crippen molar-refractivity contribution in [2.45, 2.75) is 32.6 Å². The number of nitrogens with one attached hydrogen (secondary N) is 3. The van der Waals surface area contributed by atoms with E-state index in [9.17, 15) is 13.2 Å². The Labute approximate surface area is 210 Å². The molecular weight excluding hydrogens is 482 g/mol. The van der Waals surface area contributed by atoms with Gasteiger partial charge in [-0.25, -0.2) is 28.8 Å². The Morgan fingerprint density at radius 3 is 2.44 bits per heavy atom. The lowest BCUT2D eigenvalue weighted by molar-refractivity contribution is 0.0538. The lowest BCUT2D eigenvalue weighted by Gasteiger charge is -2.23. The Morgan fingerprint density at radius 1 is 1.06 bits per heavy atom. The van der Waals surface area contributed by atoms with Crippen molar-refractivity contribution >= 4 is 44.6 Å². The summed E-state index contributed by atoms with van der Waals surface area (Å²) >= 11 is 0. The number of nitrogens with zero attached hydrogens (tertiary/aromatic N) is 4. The van der Waals surface area contributed by atoms with Gasteiger partial charge in [0.15, 0.2) is 0 Å². The summed E-state index contributed by atoms with van der Waals surface area (Å²) in [5.41, 5.74) is 5.77. The van der Waals surface area contributed by atoms with Crippen LogP contribution in [0.3, 0.4) is 0 Å². The van der Waals surface area contributed by atoms with Gasteiger partial charge in [0.1, 0.15) is 17.5 Å². The molecule has 1 aliphatic rings. The summed E-state index contributed by atoms with van der Waals surface area (Å²) in [6, 6.07) is 9.11. The zero-order valence-corrected chi connectivity index (χ0v) is 21.6. The lowest BCUT2D eigenvalue weighted by Crippen LogP contribution is -2.26. The monoisotopic (exact) mass is 511 g/mol. The van der Waals surface area contributed by atoms with Gasteiger partial charge in [0.25, 0.3) is 5.91 Å². The maximum Gasteiger partial charge on any atom is 0.278 e. The number of sulfonamides is 1. The molecule has 2 heterocycles. The molecule has 2 aromatic heterocycles. The molecule has 3 aromatic rings. The Morgan fingerprint density at radius 2 is 1.81 bits per heavy atom. The number of hydrogen-bond acceptors (Lipinski definition) is 9. The van der Waals surface area contributed by atoms with Gasteiger partial charge >= 0.3 is 0 Å². The number of carbonyl (C=O) groups excluding carboxylic acids is 1. The molecule has 1 amide bonds. The second-order valence-corrected chi connectivity index (χ2v) is 10.7. The highest BCUT2D eigenvalue weighted by Crippen LogP contribution is 2.43. The number of pyridine rings is 1. The van der Waals surface area contributed by atoms with Gasteiger partial charge in [0.2, 0.25) is 10.0 Å². The van der Waals surface area contributed by atoms with E-state index in [1.165, 1.54) is 24.7 Å². The van der Waals surface area contributed by atoms with E-state index in [1.807, 2.05) is 25.1 Å². The fourth-order valence-corrected chi connectivity index (χ4v) is 4.29. The Kier molecular flexibility index (Phi) is 7.09. The molecule has 11 nitrogen and oxygen atoms in total. The minimum atomic E-state index is -3.53. The third kappa shape index (κ3) is 5.89. The molecule has 0 aliphatic heterocycles. The maximum atomic E-state index is 12.7. The second kappa shape index (κ2) is 10.1. The predicted molar refractivity (Wildman–Crippen MR) is 138 cm³/mol. The van der Waals surface area contributed by atoms with E-state index in [0.29, 0.717) is 40.4 Å². The maximum absolute atomic E-state index is 12.7. The number of anilines is 5. The predicted octanol–water partition coefficient (Wildman–Crippen LogP) is 3.54. The number of carbonyl (C=O) groups is 1. The van der Waals surface area contributed by atoms with Crippen LogP contribution in [-0.4, -0.2) is 49.7 Å². The smallest absolute Gasteiger partial charge is 0.278 e. The van der Waals surface area contributed by atoms with Gasteiger partial charge in [-0.05, 0) is 50.3 Å². The number of hydrogen-bond donors (Lipinski definition) is 3. The van der Waals surface area contributed by atoms with E-state index in [0.717, 1.165) is 30.4 Å². The Balaban J connectivity index is 1.75. The Bertz CT molecular complexity index is 1390. The Hall–Kier alpha value is -3.77. The lowest BCUT2D eigenvalue weighted by atomic mass is 10.1. The van der Waals surface area contributed by atoms with Crippen LogP contribution in [0.2, 0.25) is 0 Å². The molecule has 1 fully saturated rings. The van der Waals surface area contributed by atoms with E-state index in [-0.39, 0.29) is 5.56 Å². The highest BCUT2D eigenvalue weighted by atomic mass is 32.2. The summed E-state index contributed by atoms with van der Waals surface area (Å²) in [7, 11) is -0.688.